The summed E-state index contributed by atoms with van der Waals surface area (Å²) in [5, 5.41) is 2.44. The lowest BCUT2D eigenvalue weighted by molar-refractivity contribution is 0.101. The summed E-state index contributed by atoms with van der Waals surface area (Å²) in [5.41, 5.74) is 6.06. The first-order chi connectivity index (χ1) is 9.40. The van der Waals surface area contributed by atoms with Crippen molar-refractivity contribution in [3.8, 4) is 0 Å². The highest BCUT2D eigenvalue weighted by atomic mass is 79.9. The largest absolute Gasteiger partial charge is 0.399 e. The van der Waals surface area contributed by atoms with Gasteiger partial charge in [-0.15, -0.1) is 0 Å². The van der Waals surface area contributed by atoms with E-state index in [1.807, 2.05) is 0 Å². The minimum Gasteiger partial charge on any atom is -0.399 e. The number of aryl methyl sites for hydroxylation is 1. The SMILES string of the molecule is Cc1ccc(F)c(C(=O)Nc2ccc(N)cc2Br)c1F. The highest BCUT2D eigenvalue weighted by Crippen LogP contribution is 2.26. The van der Waals surface area contributed by atoms with Gasteiger partial charge >= 0.3 is 0 Å². The van der Waals surface area contributed by atoms with Crippen molar-refractivity contribution in [3.05, 3.63) is 57.6 Å². The predicted octanol–water partition coefficient (Wildman–Crippen LogP) is 3.87. The third-order valence-electron chi connectivity index (χ3n) is 2.75. The second-order valence-corrected chi connectivity index (χ2v) is 5.10. The zero-order valence-corrected chi connectivity index (χ0v) is 12.1. The molecule has 3 nitrogen and oxygen atoms in total. The molecule has 0 fully saturated rings. The van der Waals surface area contributed by atoms with E-state index in [1.54, 1.807) is 18.2 Å². The quantitative estimate of drug-likeness (QED) is 0.815. The number of carbonyl (C=O) groups is 1. The van der Waals surface area contributed by atoms with Gasteiger partial charge in [-0.2, -0.15) is 0 Å². The molecule has 3 N–H and O–H groups in total. The maximum atomic E-state index is 13.8. The maximum Gasteiger partial charge on any atom is 0.261 e. The zero-order chi connectivity index (χ0) is 14.9. The molecule has 20 heavy (non-hydrogen) atoms. The van der Waals surface area contributed by atoms with Crippen LogP contribution in [0.4, 0.5) is 20.2 Å². The number of anilines is 2. The molecule has 104 valence electrons. The molecule has 0 unspecified atom stereocenters. The van der Waals surface area contributed by atoms with Crippen LogP contribution < -0.4 is 11.1 Å². The molecular weight excluding hydrogens is 330 g/mol. The summed E-state index contributed by atoms with van der Waals surface area (Å²) in [6, 6.07) is 7.04. The van der Waals surface area contributed by atoms with E-state index in [4.69, 9.17) is 5.73 Å². The van der Waals surface area contributed by atoms with E-state index < -0.39 is 23.1 Å². The first-order valence-corrected chi connectivity index (χ1v) is 6.50. The molecule has 0 radical (unpaired) electrons. The van der Waals surface area contributed by atoms with Crippen LogP contribution in [0.1, 0.15) is 15.9 Å². The van der Waals surface area contributed by atoms with Crippen LogP contribution in [0.5, 0.6) is 0 Å². The molecule has 2 rings (SSSR count). The molecule has 2 aromatic carbocycles. The Morgan fingerprint density at radius 2 is 1.95 bits per heavy atom. The van der Waals surface area contributed by atoms with Gasteiger partial charge in [0.1, 0.15) is 17.2 Å². The van der Waals surface area contributed by atoms with Gasteiger partial charge < -0.3 is 11.1 Å². The van der Waals surface area contributed by atoms with Crippen molar-refractivity contribution in [1.82, 2.24) is 0 Å². The van der Waals surface area contributed by atoms with Crippen LogP contribution in [-0.2, 0) is 0 Å². The molecule has 0 atom stereocenters. The van der Waals surface area contributed by atoms with E-state index in [0.29, 0.717) is 15.8 Å². The van der Waals surface area contributed by atoms with Gasteiger partial charge in [0.15, 0.2) is 0 Å². The number of hydrogen-bond acceptors (Lipinski definition) is 2. The first-order valence-electron chi connectivity index (χ1n) is 5.71. The number of benzene rings is 2. The molecule has 0 heterocycles. The highest BCUT2D eigenvalue weighted by molar-refractivity contribution is 9.10. The molecule has 0 aliphatic carbocycles. The van der Waals surface area contributed by atoms with Gasteiger partial charge in [-0.1, -0.05) is 6.07 Å². The standard InChI is InChI=1S/C14H11BrF2N2O/c1-7-2-4-10(16)12(13(7)17)14(20)19-11-5-3-8(18)6-9(11)15/h2-6H,18H2,1H3,(H,19,20). The van der Waals surface area contributed by atoms with Crippen LogP contribution in [0.15, 0.2) is 34.8 Å². The lowest BCUT2D eigenvalue weighted by Gasteiger charge is -2.10. The summed E-state index contributed by atoms with van der Waals surface area (Å²) in [6.07, 6.45) is 0. The number of rotatable bonds is 2. The summed E-state index contributed by atoms with van der Waals surface area (Å²) in [7, 11) is 0. The zero-order valence-electron chi connectivity index (χ0n) is 10.5. The second-order valence-electron chi connectivity index (χ2n) is 4.25. The van der Waals surface area contributed by atoms with E-state index in [9.17, 15) is 13.6 Å². The Hall–Kier alpha value is -1.95. The number of hydrogen-bond donors (Lipinski definition) is 2. The minimum atomic E-state index is -0.905. The molecule has 1 amide bonds. The molecule has 0 saturated carbocycles. The summed E-state index contributed by atoms with van der Waals surface area (Å²) >= 11 is 3.22. The number of carbonyl (C=O) groups excluding carboxylic acids is 1. The van der Waals surface area contributed by atoms with Crippen LogP contribution in [0, 0.1) is 18.6 Å². The van der Waals surface area contributed by atoms with Crippen LogP contribution in [0.3, 0.4) is 0 Å². The first kappa shape index (κ1) is 14.5. The van der Waals surface area contributed by atoms with Crippen molar-refractivity contribution in [3.63, 3.8) is 0 Å². The number of amides is 1. The Bertz CT molecular complexity index is 689. The number of halogens is 3. The molecule has 0 aromatic heterocycles. The summed E-state index contributed by atoms with van der Waals surface area (Å²) < 4.78 is 28.0. The third kappa shape index (κ3) is 2.80. The van der Waals surface area contributed by atoms with Crippen LogP contribution in [0.2, 0.25) is 0 Å². The summed E-state index contributed by atoms with van der Waals surface area (Å²) in [5.74, 6) is -2.62. The van der Waals surface area contributed by atoms with Crippen molar-refractivity contribution in [1.29, 1.82) is 0 Å². The maximum absolute atomic E-state index is 13.8. The van der Waals surface area contributed by atoms with Gasteiger partial charge in [0.25, 0.3) is 5.91 Å². The van der Waals surface area contributed by atoms with Crippen LogP contribution in [-0.4, -0.2) is 5.91 Å². The Kier molecular flexibility index (Phi) is 4.04. The molecule has 0 spiro atoms. The van der Waals surface area contributed by atoms with Gasteiger partial charge in [0.05, 0.1) is 5.69 Å². The fourth-order valence-corrected chi connectivity index (χ4v) is 2.18. The van der Waals surface area contributed by atoms with Gasteiger partial charge in [-0.3, -0.25) is 4.79 Å². The minimum absolute atomic E-state index is 0.202. The van der Waals surface area contributed by atoms with E-state index in [0.717, 1.165) is 6.07 Å². The predicted molar refractivity (Wildman–Crippen MR) is 77.6 cm³/mol. The smallest absolute Gasteiger partial charge is 0.261 e. The molecule has 6 heteroatoms. The van der Waals surface area contributed by atoms with Gasteiger partial charge in [0, 0.05) is 10.2 Å². The molecular formula is C14H11BrF2N2O. The topological polar surface area (TPSA) is 55.1 Å². The average Bonchev–Trinajstić information content (AvgIpc) is 2.38. The molecule has 0 aliphatic heterocycles. The van der Waals surface area contributed by atoms with Crippen molar-refractivity contribution in [2.24, 2.45) is 0 Å². The number of nitrogen functional groups attached to an aromatic ring is 1. The lowest BCUT2D eigenvalue weighted by Crippen LogP contribution is -2.17. The average molecular weight is 341 g/mol. The van der Waals surface area contributed by atoms with Crippen molar-refractivity contribution in [2.75, 3.05) is 11.1 Å². The fraction of sp³-hybridized carbons (Fsp3) is 0.0714. The van der Waals surface area contributed by atoms with Crippen LogP contribution in [0.25, 0.3) is 0 Å². The summed E-state index contributed by atoms with van der Waals surface area (Å²) in [4.78, 5) is 12.0. The fourth-order valence-electron chi connectivity index (χ4n) is 1.68. The Morgan fingerprint density at radius 1 is 1.25 bits per heavy atom. The van der Waals surface area contributed by atoms with Gasteiger partial charge in [0.2, 0.25) is 0 Å². The Morgan fingerprint density at radius 3 is 2.60 bits per heavy atom. The van der Waals surface area contributed by atoms with E-state index >= 15 is 0 Å². The molecule has 2 aromatic rings. The Balaban J connectivity index is 2.36. The van der Waals surface area contributed by atoms with Gasteiger partial charge in [-0.25, -0.2) is 8.78 Å². The van der Waals surface area contributed by atoms with E-state index in [1.165, 1.54) is 13.0 Å². The number of nitrogens with one attached hydrogen (secondary N) is 1. The Labute approximate surface area is 122 Å². The monoisotopic (exact) mass is 340 g/mol. The second kappa shape index (κ2) is 5.58. The van der Waals surface area contributed by atoms with Crippen molar-refractivity contribution < 1.29 is 13.6 Å². The normalized spacial score (nSPS) is 10.4. The van der Waals surface area contributed by atoms with Crippen molar-refractivity contribution in [2.45, 2.75) is 6.92 Å². The highest BCUT2D eigenvalue weighted by Gasteiger charge is 2.19. The third-order valence-corrected chi connectivity index (χ3v) is 3.41. The van der Waals surface area contributed by atoms with Crippen LogP contribution >= 0.6 is 15.9 Å². The summed E-state index contributed by atoms with van der Waals surface area (Å²) in [6.45, 7) is 1.46. The lowest BCUT2D eigenvalue weighted by atomic mass is 10.1. The van der Waals surface area contributed by atoms with Crippen molar-refractivity contribution >= 4 is 33.2 Å². The molecule has 0 saturated heterocycles. The molecule has 0 bridgehead atoms. The molecule has 0 aliphatic rings. The van der Waals surface area contributed by atoms with Gasteiger partial charge in [-0.05, 0) is 52.7 Å². The van der Waals surface area contributed by atoms with E-state index in [-0.39, 0.29) is 5.56 Å². The van der Waals surface area contributed by atoms with E-state index in [2.05, 4.69) is 21.2 Å². The number of nitrogens with two attached hydrogens (primary N) is 1.